The summed E-state index contributed by atoms with van der Waals surface area (Å²) >= 11 is 5.94. The van der Waals surface area contributed by atoms with Crippen LogP contribution in [-0.2, 0) is 0 Å². The number of hydrogen-bond donors (Lipinski definition) is 0. The van der Waals surface area contributed by atoms with Gasteiger partial charge >= 0.3 is 0 Å². The van der Waals surface area contributed by atoms with Crippen molar-refractivity contribution in [3.05, 3.63) is 70.9 Å². The largest absolute Gasteiger partial charge is 0.294 e. The molecule has 1 aromatic heterocycles. The number of rotatable bonds is 3. The molecule has 4 heteroatoms. The monoisotopic (exact) mass is 310 g/mol. The van der Waals surface area contributed by atoms with Crippen molar-refractivity contribution < 1.29 is 4.79 Å². The standard InChI is InChI=1S/C18H15ClN2O/c1-12-17(13(2)22)18(14-8-10-15(19)11-9-14)20-21(12)16-6-4-3-5-7-16/h3-11H,1-2H3. The van der Waals surface area contributed by atoms with Crippen LogP contribution in [0.3, 0.4) is 0 Å². The fourth-order valence-electron chi connectivity index (χ4n) is 2.55. The van der Waals surface area contributed by atoms with Gasteiger partial charge in [0.1, 0.15) is 5.69 Å². The number of Topliss-reactive ketones (excluding diaryl/α,β-unsaturated/α-hetero) is 1. The summed E-state index contributed by atoms with van der Waals surface area (Å²) in [6.45, 7) is 3.48. The van der Waals surface area contributed by atoms with Crippen LogP contribution in [0.5, 0.6) is 0 Å². The maximum Gasteiger partial charge on any atom is 0.163 e. The maximum atomic E-state index is 12.1. The summed E-state index contributed by atoms with van der Waals surface area (Å²) in [4.78, 5) is 12.1. The lowest BCUT2D eigenvalue weighted by molar-refractivity contribution is 0.101. The molecule has 0 radical (unpaired) electrons. The minimum absolute atomic E-state index is 0.00429. The Morgan fingerprint density at radius 2 is 1.68 bits per heavy atom. The Balaban J connectivity index is 2.22. The topological polar surface area (TPSA) is 34.9 Å². The van der Waals surface area contributed by atoms with Gasteiger partial charge in [0.25, 0.3) is 0 Å². The molecule has 3 nitrogen and oxygen atoms in total. The lowest BCUT2D eigenvalue weighted by atomic mass is 10.0. The number of ketones is 1. The third-order valence-electron chi connectivity index (χ3n) is 3.59. The molecule has 3 rings (SSSR count). The zero-order valence-electron chi connectivity index (χ0n) is 12.4. The number of benzene rings is 2. The highest BCUT2D eigenvalue weighted by Crippen LogP contribution is 2.28. The molecule has 0 aliphatic heterocycles. The molecule has 22 heavy (non-hydrogen) atoms. The Bertz CT molecular complexity index is 820. The van der Waals surface area contributed by atoms with E-state index < -0.39 is 0 Å². The highest BCUT2D eigenvalue weighted by atomic mass is 35.5. The first kappa shape index (κ1) is 14.5. The Morgan fingerprint density at radius 1 is 1.05 bits per heavy atom. The van der Waals surface area contributed by atoms with E-state index in [1.165, 1.54) is 0 Å². The van der Waals surface area contributed by atoms with Crippen molar-refractivity contribution in [2.45, 2.75) is 13.8 Å². The van der Waals surface area contributed by atoms with Gasteiger partial charge in [-0.15, -0.1) is 0 Å². The molecular formula is C18H15ClN2O. The van der Waals surface area contributed by atoms with Gasteiger partial charge in [0.2, 0.25) is 0 Å². The van der Waals surface area contributed by atoms with E-state index in [0.717, 1.165) is 16.9 Å². The molecule has 0 amide bonds. The third kappa shape index (κ3) is 2.55. The molecule has 0 bridgehead atoms. The van der Waals surface area contributed by atoms with E-state index in [4.69, 9.17) is 11.6 Å². The van der Waals surface area contributed by atoms with Crippen molar-refractivity contribution >= 4 is 17.4 Å². The van der Waals surface area contributed by atoms with Gasteiger partial charge in [-0.25, -0.2) is 4.68 Å². The Labute approximate surface area is 134 Å². The highest BCUT2D eigenvalue weighted by molar-refractivity contribution is 6.30. The zero-order chi connectivity index (χ0) is 15.7. The quantitative estimate of drug-likeness (QED) is 0.657. The second kappa shape index (κ2) is 5.78. The number of carbonyl (C=O) groups is 1. The molecule has 0 spiro atoms. The van der Waals surface area contributed by atoms with Crippen LogP contribution >= 0.6 is 11.6 Å². The van der Waals surface area contributed by atoms with Crippen LogP contribution in [0.4, 0.5) is 0 Å². The summed E-state index contributed by atoms with van der Waals surface area (Å²) in [7, 11) is 0. The maximum absolute atomic E-state index is 12.1. The van der Waals surface area contributed by atoms with Gasteiger partial charge in [0.05, 0.1) is 16.9 Å². The summed E-state index contributed by atoms with van der Waals surface area (Å²) < 4.78 is 1.81. The van der Waals surface area contributed by atoms with Crippen LogP contribution in [0, 0.1) is 6.92 Å². The minimum atomic E-state index is 0.00429. The van der Waals surface area contributed by atoms with Crippen molar-refractivity contribution in [1.29, 1.82) is 0 Å². The van der Waals surface area contributed by atoms with Gasteiger partial charge in [0.15, 0.2) is 5.78 Å². The van der Waals surface area contributed by atoms with Gasteiger partial charge in [0, 0.05) is 10.6 Å². The molecule has 110 valence electrons. The normalized spacial score (nSPS) is 10.7. The number of halogens is 1. The Morgan fingerprint density at radius 3 is 2.27 bits per heavy atom. The predicted octanol–water partition coefficient (Wildman–Crippen LogP) is 4.70. The number of aromatic nitrogens is 2. The van der Waals surface area contributed by atoms with E-state index in [0.29, 0.717) is 16.3 Å². The summed E-state index contributed by atoms with van der Waals surface area (Å²) in [6, 6.07) is 17.2. The highest BCUT2D eigenvalue weighted by Gasteiger charge is 2.20. The van der Waals surface area contributed by atoms with E-state index >= 15 is 0 Å². The summed E-state index contributed by atoms with van der Waals surface area (Å²) in [5.41, 5.74) is 3.98. The molecule has 3 aromatic rings. The number of para-hydroxylation sites is 1. The van der Waals surface area contributed by atoms with Gasteiger partial charge in [-0.3, -0.25) is 4.79 Å². The van der Waals surface area contributed by atoms with Crippen LogP contribution in [0.15, 0.2) is 54.6 Å². The first-order valence-corrected chi connectivity index (χ1v) is 7.37. The fourth-order valence-corrected chi connectivity index (χ4v) is 2.68. The van der Waals surface area contributed by atoms with Crippen molar-refractivity contribution in [1.82, 2.24) is 9.78 Å². The van der Waals surface area contributed by atoms with E-state index in [1.54, 1.807) is 23.7 Å². The average Bonchev–Trinajstić information content (AvgIpc) is 2.86. The van der Waals surface area contributed by atoms with Crippen LogP contribution in [0.2, 0.25) is 5.02 Å². The van der Waals surface area contributed by atoms with Crippen molar-refractivity contribution in [3.63, 3.8) is 0 Å². The van der Waals surface area contributed by atoms with Crippen LogP contribution in [0.1, 0.15) is 23.0 Å². The summed E-state index contributed by atoms with van der Waals surface area (Å²) in [5.74, 6) is 0.00429. The van der Waals surface area contributed by atoms with Crippen molar-refractivity contribution in [2.75, 3.05) is 0 Å². The molecule has 0 saturated carbocycles. The second-order valence-corrected chi connectivity index (χ2v) is 5.56. The Hall–Kier alpha value is -2.39. The summed E-state index contributed by atoms with van der Waals surface area (Å²) in [6.07, 6.45) is 0. The molecule has 0 N–H and O–H groups in total. The van der Waals surface area contributed by atoms with E-state index in [9.17, 15) is 4.79 Å². The molecule has 0 unspecified atom stereocenters. The zero-order valence-corrected chi connectivity index (χ0v) is 13.1. The van der Waals surface area contributed by atoms with Crippen LogP contribution < -0.4 is 0 Å². The number of carbonyl (C=O) groups excluding carboxylic acids is 1. The average molecular weight is 311 g/mol. The predicted molar refractivity (Wildman–Crippen MR) is 88.8 cm³/mol. The van der Waals surface area contributed by atoms with Crippen LogP contribution in [-0.4, -0.2) is 15.6 Å². The lowest BCUT2D eigenvalue weighted by Crippen LogP contribution is -2.00. The second-order valence-electron chi connectivity index (χ2n) is 5.12. The smallest absolute Gasteiger partial charge is 0.163 e. The molecule has 2 aromatic carbocycles. The number of nitrogens with zero attached hydrogens (tertiary/aromatic N) is 2. The molecule has 0 atom stereocenters. The van der Waals surface area contributed by atoms with Crippen molar-refractivity contribution in [2.24, 2.45) is 0 Å². The van der Waals surface area contributed by atoms with Gasteiger partial charge < -0.3 is 0 Å². The lowest BCUT2D eigenvalue weighted by Gasteiger charge is -2.03. The third-order valence-corrected chi connectivity index (χ3v) is 3.84. The molecule has 0 aliphatic carbocycles. The van der Waals surface area contributed by atoms with Crippen LogP contribution in [0.25, 0.3) is 16.9 Å². The van der Waals surface area contributed by atoms with Crippen molar-refractivity contribution in [3.8, 4) is 16.9 Å². The van der Waals surface area contributed by atoms with Gasteiger partial charge in [-0.05, 0) is 38.1 Å². The first-order chi connectivity index (χ1) is 10.6. The minimum Gasteiger partial charge on any atom is -0.294 e. The van der Waals surface area contributed by atoms with Gasteiger partial charge in [-0.2, -0.15) is 5.10 Å². The molecular weight excluding hydrogens is 296 g/mol. The molecule has 0 saturated heterocycles. The SMILES string of the molecule is CC(=O)c1c(-c2ccc(Cl)cc2)nn(-c2ccccc2)c1C. The Kier molecular flexibility index (Phi) is 3.82. The van der Waals surface area contributed by atoms with E-state index in [1.807, 2.05) is 49.4 Å². The van der Waals surface area contributed by atoms with E-state index in [2.05, 4.69) is 5.10 Å². The molecule has 0 aliphatic rings. The van der Waals surface area contributed by atoms with E-state index in [-0.39, 0.29) is 5.78 Å². The fraction of sp³-hybridized carbons (Fsp3) is 0.111. The molecule has 0 fully saturated rings. The summed E-state index contributed by atoms with van der Waals surface area (Å²) in [5, 5.41) is 5.31. The first-order valence-electron chi connectivity index (χ1n) is 7.00. The number of hydrogen-bond acceptors (Lipinski definition) is 2. The molecule has 1 heterocycles. The van der Waals surface area contributed by atoms with Gasteiger partial charge in [-0.1, -0.05) is 41.9 Å².